The summed E-state index contributed by atoms with van der Waals surface area (Å²) < 4.78 is 28.9. The second-order valence-corrected chi connectivity index (χ2v) is 8.06. The Kier molecular flexibility index (Phi) is 3.83. The van der Waals surface area contributed by atoms with Crippen molar-refractivity contribution in [3.05, 3.63) is 46.4 Å². The Balaban J connectivity index is 2.21. The molecule has 2 aromatic heterocycles. The molecule has 0 bridgehead atoms. The summed E-state index contributed by atoms with van der Waals surface area (Å²) in [4.78, 5) is 11.3. The van der Waals surface area contributed by atoms with E-state index in [4.69, 9.17) is 11.6 Å². The molecule has 0 radical (unpaired) electrons. The van der Waals surface area contributed by atoms with Gasteiger partial charge in [0, 0.05) is 12.4 Å². The Morgan fingerprint density at radius 3 is 2.70 bits per heavy atom. The highest BCUT2D eigenvalue weighted by molar-refractivity contribution is 7.94. The quantitative estimate of drug-likeness (QED) is 0.736. The number of rotatable bonds is 4. The molecule has 3 aromatic rings. The summed E-state index contributed by atoms with van der Waals surface area (Å²) in [6.45, 7) is 0. The van der Waals surface area contributed by atoms with Crippen LogP contribution in [0.3, 0.4) is 0 Å². The Morgan fingerprint density at radius 2 is 2.09 bits per heavy atom. The summed E-state index contributed by atoms with van der Waals surface area (Å²) >= 11 is 7.23. The van der Waals surface area contributed by atoms with Crippen molar-refractivity contribution >= 4 is 55.5 Å². The number of nitrogens with zero attached hydrogens (tertiary/aromatic N) is 1. The zero-order valence-electron chi connectivity index (χ0n) is 11.8. The predicted octanol–water partition coefficient (Wildman–Crippen LogP) is 3.39. The fraction of sp³-hybridized carbons (Fsp3) is 0.0714. The highest BCUT2D eigenvalue weighted by Crippen LogP contribution is 2.35. The number of benzene rings is 1. The van der Waals surface area contributed by atoms with Gasteiger partial charge in [0.2, 0.25) is 0 Å². The van der Waals surface area contributed by atoms with E-state index in [9.17, 15) is 18.3 Å². The van der Waals surface area contributed by atoms with Gasteiger partial charge < -0.3 is 9.67 Å². The summed E-state index contributed by atoms with van der Waals surface area (Å²) in [5.74, 6) is -1.10. The van der Waals surface area contributed by atoms with E-state index in [0.717, 1.165) is 11.3 Å². The highest BCUT2D eigenvalue weighted by Gasteiger charge is 2.22. The zero-order chi connectivity index (χ0) is 16.8. The normalized spacial score (nSPS) is 11.7. The molecule has 0 saturated heterocycles. The van der Waals surface area contributed by atoms with Gasteiger partial charge >= 0.3 is 5.97 Å². The number of hydrogen-bond donors (Lipinski definition) is 2. The summed E-state index contributed by atoms with van der Waals surface area (Å²) in [6, 6.07) is 7.76. The summed E-state index contributed by atoms with van der Waals surface area (Å²) in [5, 5.41) is 11.6. The van der Waals surface area contributed by atoms with Crippen LogP contribution in [0.15, 0.2) is 39.9 Å². The largest absolute Gasteiger partial charge is 0.477 e. The summed E-state index contributed by atoms with van der Waals surface area (Å²) in [5.41, 5.74) is 0.612. The summed E-state index contributed by atoms with van der Waals surface area (Å²) in [6.07, 6.45) is 0. The van der Waals surface area contributed by atoms with Gasteiger partial charge in [-0.3, -0.25) is 4.72 Å². The lowest BCUT2D eigenvalue weighted by atomic mass is 10.2. The average molecular weight is 371 g/mol. The van der Waals surface area contributed by atoms with E-state index in [1.54, 1.807) is 24.6 Å². The maximum absolute atomic E-state index is 12.4. The van der Waals surface area contributed by atoms with E-state index < -0.39 is 16.0 Å². The zero-order valence-corrected chi connectivity index (χ0v) is 14.2. The lowest BCUT2D eigenvalue weighted by Crippen LogP contribution is -2.13. The molecule has 0 amide bonds. The molecule has 9 heteroatoms. The topological polar surface area (TPSA) is 88.4 Å². The molecule has 23 heavy (non-hydrogen) atoms. The van der Waals surface area contributed by atoms with E-state index in [1.165, 1.54) is 22.8 Å². The van der Waals surface area contributed by atoms with Gasteiger partial charge in [-0.15, -0.1) is 11.3 Å². The molecule has 0 fully saturated rings. The number of thiophene rings is 1. The fourth-order valence-corrected chi connectivity index (χ4v) is 4.66. The van der Waals surface area contributed by atoms with E-state index in [0.29, 0.717) is 10.9 Å². The molecule has 1 aromatic carbocycles. The van der Waals surface area contributed by atoms with Gasteiger partial charge in [-0.2, -0.15) is 0 Å². The predicted molar refractivity (Wildman–Crippen MR) is 90.0 cm³/mol. The van der Waals surface area contributed by atoms with Crippen LogP contribution in [0.2, 0.25) is 5.02 Å². The van der Waals surface area contributed by atoms with Crippen molar-refractivity contribution in [3.8, 4) is 0 Å². The van der Waals surface area contributed by atoms with Gasteiger partial charge in [0.05, 0.1) is 16.2 Å². The lowest BCUT2D eigenvalue weighted by molar-refractivity contribution is 0.0687. The van der Waals surface area contributed by atoms with Crippen LogP contribution in [0, 0.1) is 0 Å². The van der Waals surface area contributed by atoms with Crippen LogP contribution in [0.25, 0.3) is 10.9 Å². The number of nitrogens with one attached hydrogen (secondary N) is 1. The first-order valence-electron chi connectivity index (χ1n) is 6.39. The Labute approximate surface area is 141 Å². The van der Waals surface area contributed by atoms with Crippen molar-refractivity contribution < 1.29 is 18.3 Å². The third-order valence-electron chi connectivity index (χ3n) is 3.36. The van der Waals surface area contributed by atoms with E-state index in [1.807, 2.05) is 0 Å². The number of carbonyl (C=O) groups is 1. The molecular formula is C14H11ClN2O4S2. The molecule has 0 unspecified atom stereocenters. The minimum atomic E-state index is -3.79. The maximum atomic E-state index is 12.4. The Hall–Kier alpha value is -2.03. The average Bonchev–Trinajstić information content (AvgIpc) is 3.10. The minimum absolute atomic E-state index is 0.0406. The Bertz CT molecular complexity index is 1010. The van der Waals surface area contributed by atoms with Crippen LogP contribution >= 0.6 is 22.9 Å². The first-order valence-corrected chi connectivity index (χ1v) is 9.13. The van der Waals surface area contributed by atoms with Gasteiger partial charge in [-0.05, 0) is 23.6 Å². The lowest BCUT2D eigenvalue weighted by Gasteiger charge is -2.11. The number of halogens is 1. The molecule has 2 N–H and O–H groups in total. The maximum Gasteiger partial charge on any atom is 0.352 e. The number of aryl methyl sites for hydroxylation is 1. The standard InChI is InChI=1S/C14H11ClN2O4S2/c1-17-10(14(18)19)7-8-4-5-9(15)12(13(8)17)16-23(20,21)11-3-2-6-22-11/h2-7,16H,1H3,(H,18,19). The number of hydrogen-bond acceptors (Lipinski definition) is 4. The third-order valence-corrected chi connectivity index (χ3v) is 6.42. The number of aromatic carboxylic acids is 1. The van der Waals surface area contributed by atoms with Gasteiger partial charge in [0.25, 0.3) is 10.0 Å². The van der Waals surface area contributed by atoms with Crippen molar-refractivity contribution in [2.75, 3.05) is 4.72 Å². The molecule has 6 nitrogen and oxygen atoms in total. The van der Waals surface area contributed by atoms with Crippen LogP contribution in [0.4, 0.5) is 5.69 Å². The fourth-order valence-electron chi connectivity index (χ4n) is 2.33. The van der Waals surface area contributed by atoms with Crippen molar-refractivity contribution in [2.24, 2.45) is 7.05 Å². The molecule has 120 valence electrons. The first kappa shape index (κ1) is 15.9. The van der Waals surface area contributed by atoms with Crippen molar-refractivity contribution in [3.63, 3.8) is 0 Å². The molecule has 0 saturated carbocycles. The molecular weight excluding hydrogens is 360 g/mol. The molecule has 0 atom stereocenters. The number of carboxylic acid groups (broad SMARTS) is 1. The SMILES string of the molecule is Cn1c(C(=O)O)cc2ccc(Cl)c(NS(=O)(=O)c3cccs3)c21. The number of anilines is 1. The van der Waals surface area contributed by atoms with Gasteiger partial charge in [0.1, 0.15) is 9.90 Å². The van der Waals surface area contributed by atoms with E-state index in [2.05, 4.69) is 4.72 Å². The number of aromatic nitrogens is 1. The number of fused-ring (bicyclic) bond motifs is 1. The van der Waals surface area contributed by atoms with Crippen LogP contribution in [-0.2, 0) is 17.1 Å². The van der Waals surface area contributed by atoms with Crippen LogP contribution < -0.4 is 4.72 Å². The number of sulfonamides is 1. The van der Waals surface area contributed by atoms with Crippen LogP contribution in [0.1, 0.15) is 10.5 Å². The van der Waals surface area contributed by atoms with Crippen molar-refractivity contribution in [1.29, 1.82) is 0 Å². The molecule has 3 rings (SSSR count). The van der Waals surface area contributed by atoms with Crippen molar-refractivity contribution in [2.45, 2.75) is 4.21 Å². The second-order valence-electron chi connectivity index (χ2n) is 4.79. The second kappa shape index (κ2) is 5.55. The molecule has 0 aliphatic rings. The summed E-state index contributed by atoms with van der Waals surface area (Å²) in [7, 11) is -2.24. The van der Waals surface area contributed by atoms with Gasteiger partial charge in [-0.1, -0.05) is 23.7 Å². The molecule has 0 aliphatic carbocycles. The molecule has 2 heterocycles. The van der Waals surface area contributed by atoms with Gasteiger partial charge in [0.15, 0.2) is 0 Å². The first-order chi connectivity index (χ1) is 10.8. The van der Waals surface area contributed by atoms with Crippen molar-refractivity contribution in [1.82, 2.24) is 4.57 Å². The van der Waals surface area contributed by atoms with E-state index >= 15 is 0 Å². The Morgan fingerprint density at radius 1 is 1.35 bits per heavy atom. The number of carboxylic acids is 1. The molecule has 0 aliphatic heterocycles. The van der Waals surface area contributed by atoms with Crippen LogP contribution in [0.5, 0.6) is 0 Å². The minimum Gasteiger partial charge on any atom is -0.477 e. The van der Waals surface area contributed by atoms with E-state index in [-0.39, 0.29) is 20.6 Å². The highest BCUT2D eigenvalue weighted by atomic mass is 35.5. The monoisotopic (exact) mass is 370 g/mol. The third kappa shape index (κ3) is 2.69. The molecule has 0 spiro atoms. The van der Waals surface area contributed by atoms with Crippen LogP contribution in [-0.4, -0.2) is 24.1 Å². The smallest absolute Gasteiger partial charge is 0.352 e. The van der Waals surface area contributed by atoms with Gasteiger partial charge in [-0.25, -0.2) is 13.2 Å².